The van der Waals surface area contributed by atoms with E-state index in [1.54, 1.807) is 18.2 Å². The molecule has 0 saturated heterocycles. The predicted molar refractivity (Wildman–Crippen MR) is 121 cm³/mol. The third kappa shape index (κ3) is 7.82. The maximum atomic E-state index is 13.1. The number of Topliss-reactive ketones (excluding diaryl/α,β-unsaturated/α-hetero) is 3. The molecule has 0 bridgehead atoms. The molecule has 0 aromatic heterocycles. The number of hydrogen-bond donors (Lipinski definition) is 2. The highest BCUT2D eigenvalue weighted by atomic mass is 16.5. The normalized spacial score (nSPS) is 15.7. The summed E-state index contributed by atoms with van der Waals surface area (Å²) in [6.07, 6.45) is 0.920. The van der Waals surface area contributed by atoms with Gasteiger partial charge in [-0.15, -0.1) is 0 Å². The Morgan fingerprint density at radius 2 is 1.68 bits per heavy atom. The lowest BCUT2D eigenvalue weighted by Gasteiger charge is -2.17. The molecule has 0 radical (unpaired) electrons. The van der Waals surface area contributed by atoms with Crippen LogP contribution in [0.2, 0.25) is 0 Å². The first-order valence-corrected chi connectivity index (χ1v) is 11.2. The van der Waals surface area contributed by atoms with Crippen molar-refractivity contribution in [2.75, 3.05) is 51.5 Å². The van der Waals surface area contributed by atoms with Crippen LogP contribution in [-0.4, -0.2) is 80.9 Å². The second kappa shape index (κ2) is 14.3. The van der Waals surface area contributed by atoms with Crippen molar-refractivity contribution < 1.29 is 43.3 Å². The smallest absolute Gasteiger partial charge is 0.305 e. The van der Waals surface area contributed by atoms with Gasteiger partial charge in [-0.1, -0.05) is 12.1 Å². The third-order valence-corrected chi connectivity index (χ3v) is 5.43. The molecule has 1 aromatic rings. The van der Waals surface area contributed by atoms with E-state index in [-0.39, 0.29) is 48.6 Å². The lowest BCUT2D eigenvalue weighted by molar-refractivity contribution is -0.138. The molecule has 10 nitrogen and oxygen atoms in total. The van der Waals surface area contributed by atoms with Crippen LogP contribution in [0.3, 0.4) is 0 Å². The van der Waals surface area contributed by atoms with Gasteiger partial charge in [-0.05, 0) is 19.4 Å². The minimum Gasteiger partial charge on any atom is -0.481 e. The maximum absolute atomic E-state index is 13.1. The van der Waals surface area contributed by atoms with Crippen molar-refractivity contribution in [1.29, 1.82) is 0 Å². The molecule has 1 aliphatic carbocycles. The van der Waals surface area contributed by atoms with Crippen molar-refractivity contribution in [2.45, 2.75) is 26.2 Å². The molecule has 0 spiro atoms. The number of carboxylic acid groups (broad SMARTS) is 1. The average Bonchev–Trinajstić information content (AvgIpc) is 3.05. The van der Waals surface area contributed by atoms with Gasteiger partial charge < -0.3 is 29.4 Å². The van der Waals surface area contributed by atoms with Crippen LogP contribution in [0.1, 0.15) is 46.9 Å². The first-order valence-electron chi connectivity index (χ1n) is 11.2. The standard InChI is InChI=1S/C24H31NO9/c1-16(27)17(5-3-9-26)22-23(30)18-4-2-6-19(21(18)24(22)31)25-8-11-33-13-15-34-14-12-32-10-7-20(28)29/h2,4,6,9,17,22,25H,3,5,7-8,10-15H2,1H3,(H,28,29). The Kier molecular flexibility index (Phi) is 11.5. The quantitative estimate of drug-likeness (QED) is 0.182. The van der Waals surface area contributed by atoms with Gasteiger partial charge in [0.15, 0.2) is 11.6 Å². The van der Waals surface area contributed by atoms with E-state index in [2.05, 4.69) is 5.32 Å². The molecule has 2 unspecified atom stereocenters. The summed E-state index contributed by atoms with van der Waals surface area (Å²) in [5.74, 6) is -3.86. The predicted octanol–water partition coefficient (Wildman–Crippen LogP) is 1.80. The highest BCUT2D eigenvalue weighted by molar-refractivity contribution is 6.29. The van der Waals surface area contributed by atoms with E-state index in [0.717, 1.165) is 0 Å². The lowest BCUT2D eigenvalue weighted by atomic mass is 9.82. The number of rotatable bonds is 18. The largest absolute Gasteiger partial charge is 0.481 e. The van der Waals surface area contributed by atoms with Crippen molar-refractivity contribution in [3.8, 4) is 0 Å². The number of carboxylic acids is 1. The van der Waals surface area contributed by atoms with Crippen LogP contribution in [0.15, 0.2) is 18.2 Å². The highest BCUT2D eigenvalue weighted by Crippen LogP contribution is 2.37. The number of fused-ring (bicyclic) bond motifs is 1. The van der Waals surface area contributed by atoms with Gasteiger partial charge in [-0.3, -0.25) is 19.2 Å². The van der Waals surface area contributed by atoms with Crippen LogP contribution >= 0.6 is 0 Å². The molecule has 0 fully saturated rings. The molecule has 0 saturated carbocycles. The molecule has 2 rings (SSSR count). The summed E-state index contributed by atoms with van der Waals surface area (Å²) in [6.45, 7) is 3.55. The molecule has 10 heteroatoms. The van der Waals surface area contributed by atoms with Crippen molar-refractivity contribution in [3.63, 3.8) is 0 Å². The van der Waals surface area contributed by atoms with E-state index in [1.165, 1.54) is 6.92 Å². The second-order valence-electron chi connectivity index (χ2n) is 7.80. The van der Waals surface area contributed by atoms with Crippen molar-refractivity contribution in [1.82, 2.24) is 0 Å². The molecule has 186 valence electrons. The summed E-state index contributed by atoms with van der Waals surface area (Å²) in [5.41, 5.74) is 1.08. The fourth-order valence-corrected chi connectivity index (χ4v) is 3.79. The zero-order chi connectivity index (χ0) is 24.9. The fourth-order valence-electron chi connectivity index (χ4n) is 3.79. The molecule has 2 N–H and O–H groups in total. The maximum Gasteiger partial charge on any atom is 0.305 e. The van der Waals surface area contributed by atoms with E-state index >= 15 is 0 Å². The number of aldehydes is 1. The number of anilines is 1. The van der Waals surface area contributed by atoms with Gasteiger partial charge in [0.1, 0.15) is 12.1 Å². The van der Waals surface area contributed by atoms with Crippen LogP contribution < -0.4 is 5.32 Å². The number of carbonyl (C=O) groups is 5. The minimum absolute atomic E-state index is 0.0430. The Morgan fingerprint density at radius 1 is 1.03 bits per heavy atom. The summed E-state index contributed by atoms with van der Waals surface area (Å²) in [7, 11) is 0. The zero-order valence-electron chi connectivity index (χ0n) is 19.2. The molecular formula is C24H31NO9. The van der Waals surface area contributed by atoms with E-state index < -0.39 is 23.6 Å². The summed E-state index contributed by atoms with van der Waals surface area (Å²) in [5, 5.41) is 11.6. The topological polar surface area (TPSA) is 145 Å². The number of ketones is 3. The first-order chi connectivity index (χ1) is 16.4. The lowest BCUT2D eigenvalue weighted by Crippen LogP contribution is -2.30. The number of ether oxygens (including phenoxy) is 3. The molecule has 0 heterocycles. The minimum atomic E-state index is -1.09. The average molecular weight is 478 g/mol. The van der Waals surface area contributed by atoms with Gasteiger partial charge in [-0.2, -0.15) is 0 Å². The Bertz CT molecular complexity index is 883. The van der Waals surface area contributed by atoms with Gasteiger partial charge in [0.05, 0.1) is 57.5 Å². The fraction of sp³-hybridized carbons (Fsp3) is 0.542. The molecule has 1 aliphatic rings. The van der Waals surface area contributed by atoms with Crippen molar-refractivity contribution in [2.24, 2.45) is 11.8 Å². The molecule has 2 atom stereocenters. The van der Waals surface area contributed by atoms with Gasteiger partial charge in [0.25, 0.3) is 0 Å². The van der Waals surface area contributed by atoms with Gasteiger partial charge in [-0.25, -0.2) is 0 Å². The van der Waals surface area contributed by atoms with Crippen LogP contribution in [0.4, 0.5) is 5.69 Å². The number of nitrogens with one attached hydrogen (secondary N) is 1. The summed E-state index contributed by atoms with van der Waals surface area (Å²) in [4.78, 5) is 59.2. The molecule has 1 aromatic carbocycles. The summed E-state index contributed by atoms with van der Waals surface area (Å²) < 4.78 is 15.9. The SMILES string of the molecule is CC(=O)C(CCC=O)C1C(=O)c2cccc(NCCOCCOCCOCCC(=O)O)c2C1=O. The van der Waals surface area contributed by atoms with Gasteiger partial charge in [0, 0.05) is 30.1 Å². The molecule has 0 amide bonds. The van der Waals surface area contributed by atoms with E-state index in [1.807, 2.05) is 0 Å². The van der Waals surface area contributed by atoms with E-state index in [4.69, 9.17) is 19.3 Å². The van der Waals surface area contributed by atoms with Crippen LogP contribution in [0.25, 0.3) is 0 Å². The Balaban J connectivity index is 1.77. The number of aliphatic carboxylic acids is 1. The van der Waals surface area contributed by atoms with Crippen LogP contribution in [0, 0.1) is 11.8 Å². The van der Waals surface area contributed by atoms with E-state index in [0.29, 0.717) is 51.6 Å². The second-order valence-corrected chi connectivity index (χ2v) is 7.80. The first kappa shape index (κ1) is 27.3. The van der Waals surface area contributed by atoms with E-state index in [9.17, 15) is 24.0 Å². The Labute approximate surface area is 197 Å². The summed E-state index contributed by atoms with van der Waals surface area (Å²) in [6, 6.07) is 4.96. The van der Waals surface area contributed by atoms with Crippen LogP contribution in [-0.2, 0) is 28.6 Å². The number of carbonyl (C=O) groups excluding carboxylic acids is 4. The van der Waals surface area contributed by atoms with Crippen molar-refractivity contribution in [3.05, 3.63) is 29.3 Å². The molecular weight excluding hydrogens is 446 g/mol. The number of hydrogen-bond acceptors (Lipinski definition) is 9. The van der Waals surface area contributed by atoms with Crippen molar-refractivity contribution >= 4 is 35.3 Å². The number of benzene rings is 1. The highest BCUT2D eigenvalue weighted by Gasteiger charge is 2.45. The molecule has 34 heavy (non-hydrogen) atoms. The summed E-state index contributed by atoms with van der Waals surface area (Å²) >= 11 is 0. The zero-order valence-corrected chi connectivity index (χ0v) is 19.2. The third-order valence-electron chi connectivity index (χ3n) is 5.43. The monoisotopic (exact) mass is 477 g/mol. The van der Waals surface area contributed by atoms with Gasteiger partial charge >= 0.3 is 5.97 Å². The molecule has 0 aliphatic heterocycles. The Morgan fingerprint density at radius 3 is 2.29 bits per heavy atom. The van der Waals surface area contributed by atoms with Crippen LogP contribution in [0.5, 0.6) is 0 Å². The van der Waals surface area contributed by atoms with Gasteiger partial charge in [0.2, 0.25) is 0 Å². The Hall–Kier alpha value is -2.95.